The van der Waals surface area contributed by atoms with E-state index in [-0.39, 0.29) is 13.2 Å². The first-order chi connectivity index (χ1) is 9.63. The Kier molecular flexibility index (Phi) is 7.82. The molecule has 1 rings (SSSR count). The fraction of sp³-hybridized carbons (Fsp3) is 0.647. The Labute approximate surface area is 122 Å². The third-order valence-electron chi connectivity index (χ3n) is 3.86. The molecule has 0 heterocycles. The lowest BCUT2D eigenvalue weighted by Gasteiger charge is -2.24. The number of aliphatic hydroxyl groups is 2. The number of aryl methyl sites for hydroxylation is 2. The quantitative estimate of drug-likeness (QED) is 0.576. The predicted octanol–water partition coefficient (Wildman–Crippen LogP) is 2.42. The molecule has 3 nitrogen and oxygen atoms in total. The first-order valence-corrected chi connectivity index (χ1v) is 7.72. The molecule has 0 atom stereocenters. The molecule has 4 N–H and O–H groups in total. The Hall–Kier alpha value is -0.900. The molecule has 0 aliphatic carbocycles. The Morgan fingerprint density at radius 3 is 1.85 bits per heavy atom. The van der Waals surface area contributed by atoms with Gasteiger partial charge in [0.05, 0.1) is 18.8 Å². The Morgan fingerprint density at radius 2 is 1.40 bits per heavy atom. The highest BCUT2D eigenvalue weighted by Crippen LogP contribution is 2.14. The highest BCUT2D eigenvalue weighted by molar-refractivity contribution is 5.22. The molecular formula is C17H29NO2. The van der Waals surface area contributed by atoms with Gasteiger partial charge in [-0.3, -0.25) is 0 Å². The average molecular weight is 279 g/mol. The van der Waals surface area contributed by atoms with E-state index in [9.17, 15) is 0 Å². The first kappa shape index (κ1) is 17.2. The van der Waals surface area contributed by atoms with Crippen LogP contribution in [0.15, 0.2) is 24.3 Å². The van der Waals surface area contributed by atoms with E-state index in [4.69, 9.17) is 15.9 Å². The van der Waals surface area contributed by atoms with Crippen LogP contribution in [-0.4, -0.2) is 29.0 Å². The van der Waals surface area contributed by atoms with Gasteiger partial charge in [-0.25, -0.2) is 0 Å². The Balaban J connectivity index is 2.28. The number of unbranched alkanes of at least 4 members (excludes halogenated alkanes) is 2. The zero-order valence-corrected chi connectivity index (χ0v) is 12.6. The van der Waals surface area contributed by atoms with Gasteiger partial charge in [0.15, 0.2) is 0 Å². The minimum absolute atomic E-state index is 0.157. The van der Waals surface area contributed by atoms with Gasteiger partial charge in [0.1, 0.15) is 0 Å². The second-order valence-corrected chi connectivity index (χ2v) is 5.81. The summed E-state index contributed by atoms with van der Waals surface area (Å²) in [4.78, 5) is 0. The van der Waals surface area contributed by atoms with Gasteiger partial charge in [0.2, 0.25) is 0 Å². The largest absolute Gasteiger partial charge is 0.394 e. The monoisotopic (exact) mass is 279 g/mol. The smallest absolute Gasteiger partial charge is 0.0633 e. The maximum Gasteiger partial charge on any atom is 0.0633 e. The van der Waals surface area contributed by atoms with Crippen LogP contribution in [0.2, 0.25) is 0 Å². The van der Waals surface area contributed by atoms with Crippen molar-refractivity contribution >= 4 is 0 Å². The van der Waals surface area contributed by atoms with Crippen molar-refractivity contribution in [2.75, 3.05) is 13.2 Å². The summed E-state index contributed by atoms with van der Waals surface area (Å²) in [5.74, 6) is 0. The maximum atomic E-state index is 9.12. The van der Waals surface area contributed by atoms with Crippen molar-refractivity contribution < 1.29 is 10.2 Å². The van der Waals surface area contributed by atoms with Crippen molar-refractivity contribution in [1.82, 2.24) is 0 Å². The van der Waals surface area contributed by atoms with Crippen LogP contribution in [0.4, 0.5) is 0 Å². The zero-order chi connectivity index (χ0) is 14.8. The van der Waals surface area contributed by atoms with Crippen LogP contribution < -0.4 is 5.73 Å². The van der Waals surface area contributed by atoms with E-state index < -0.39 is 5.54 Å². The summed E-state index contributed by atoms with van der Waals surface area (Å²) in [6, 6.07) is 8.86. The van der Waals surface area contributed by atoms with Gasteiger partial charge in [-0.1, -0.05) is 44.0 Å². The highest BCUT2D eigenvalue weighted by Gasteiger charge is 2.21. The Morgan fingerprint density at radius 1 is 0.900 bits per heavy atom. The number of benzene rings is 1. The van der Waals surface area contributed by atoms with Gasteiger partial charge < -0.3 is 15.9 Å². The number of rotatable bonds is 10. The lowest BCUT2D eigenvalue weighted by molar-refractivity contribution is 0.112. The van der Waals surface area contributed by atoms with Gasteiger partial charge in [0.25, 0.3) is 0 Å². The first-order valence-electron chi connectivity index (χ1n) is 7.72. The summed E-state index contributed by atoms with van der Waals surface area (Å²) < 4.78 is 0. The third-order valence-corrected chi connectivity index (χ3v) is 3.86. The molecule has 0 fully saturated rings. The summed E-state index contributed by atoms with van der Waals surface area (Å²) in [5, 5.41) is 18.2. The second-order valence-electron chi connectivity index (χ2n) is 5.81. The molecule has 20 heavy (non-hydrogen) atoms. The molecule has 0 saturated carbocycles. The van der Waals surface area contributed by atoms with Crippen LogP contribution in [0, 0.1) is 0 Å². The van der Waals surface area contributed by atoms with Crippen LogP contribution in [0.5, 0.6) is 0 Å². The maximum absolute atomic E-state index is 9.12. The molecule has 0 saturated heterocycles. The SMILES string of the molecule is CCCCc1ccc(CCCCC(N)(CO)CO)cc1. The number of nitrogens with two attached hydrogens (primary N) is 1. The fourth-order valence-corrected chi connectivity index (χ4v) is 2.27. The number of hydrogen-bond acceptors (Lipinski definition) is 3. The minimum atomic E-state index is -0.815. The average Bonchev–Trinajstić information content (AvgIpc) is 2.50. The van der Waals surface area contributed by atoms with Crippen molar-refractivity contribution in [1.29, 1.82) is 0 Å². The van der Waals surface area contributed by atoms with Crippen LogP contribution in [0.3, 0.4) is 0 Å². The topological polar surface area (TPSA) is 66.5 Å². The lowest BCUT2D eigenvalue weighted by Crippen LogP contribution is -2.47. The molecule has 0 bridgehead atoms. The standard InChI is InChI=1S/C17H29NO2/c1-2-3-6-15-8-10-16(11-9-15)7-4-5-12-17(18,13-19)14-20/h8-11,19-20H,2-7,12-14,18H2,1H3. The number of hydrogen-bond donors (Lipinski definition) is 3. The van der Waals surface area contributed by atoms with E-state index in [1.54, 1.807) is 0 Å². The summed E-state index contributed by atoms with van der Waals surface area (Å²) in [7, 11) is 0. The molecule has 114 valence electrons. The molecule has 0 aromatic heterocycles. The number of aliphatic hydroxyl groups excluding tert-OH is 2. The van der Waals surface area contributed by atoms with Gasteiger partial charge in [-0.2, -0.15) is 0 Å². The predicted molar refractivity (Wildman–Crippen MR) is 83.7 cm³/mol. The molecule has 0 amide bonds. The molecule has 0 unspecified atom stereocenters. The van der Waals surface area contributed by atoms with E-state index in [0.29, 0.717) is 6.42 Å². The van der Waals surface area contributed by atoms with Gasteiger partial charge in [-0.15, -0.1) is 0 Å². The summed E-state index contributed by atoms with van der Waals surface area (Å²) in [6.07, 6.45) is 7.30. The van der Waals surface area contributed by atoms with Gasteiger partial charge in [-0.05, 0) is 43.2 Å². The van der Waals surface area contributed by atoms with Gasteiger partial charge >= 0.3 is 0 Å². The molecular weight excluding hydrogens is 250 g/mol. The van der Waals surface area contributed by atoms with Crippen molar-refractivity contribution in [3.8, 4) is 0 Å². The van der Waals surface area contributed by atoms with Crippen LogP contribution >= 0.6 is 0 Å². The van der Waals surface area contributed by atoms with Crippen molar-refractivity contribution in [3.63, 3.8) is 0 Å². The molecule has 0 radical (unpaired) electrons. The third kappa shape index (κ3) is 6.04. The molecule has 1 aromatic rings. The molecule has 0 spiro atoms. The molecule has 1 aromatic carbocycles. The minimum Gasteiger partial charge on any atom is -0.394 e. The zero-order valence-electron chi connectivity index (χ0n) is 12.6. The van der Waals surface area contributed by atoms with E-state index in [0.717, 1.165) is 19.3 Å². The van der Waals surface area contributed by atoms with E-state index in [2.05, 4.69) is 31.2 Å². The van der Waals surface area contributed by atoms with E-state index in [1.807, 2.05) is 0 Å². The summed E-state index contributed by atoms with van der Waals surface area (Å²) >= 11 is 0. The van der Waals surface area contributed by atoms with Crippen LogP contribution in [0.25, 0.3) is 0 Å². The lowest BCUT2D eigenvalue weighted by atomic mass is 9.94. The Bertz CT molecular complexity index is 358. The van der Waals surface area contributed by atoms with Crippen LogP contribution in [-0.2, 0) is 12.8 Å². The van der Waals surface area contributed by atoms with Crippen molar-refractivity contribution in [2.45, 2.75) is 57.4 Å². The normalized spacial score (nSPS) is 11.8. The molecule has 0 aliphatic rings. The second kappa shape index (κ2) is 9.11. The molecule has 3 heteroatoms. The van der Waals surface area contributed by atoms with Crippen molar-refractivity contribution in [2.24, 2.45) is 5.73 Å². The fourth-order valence-electron chi connectivity index (χ4n) is 2.27. The molecule has 0 aliphatic heterocycles. The van der Waals surface area contributed by atoms with Crippen LogP contribution in [0.1, 0.15) is 50.2 Å². The van der Waals surface area contributed by atoms with Gasteiger partial charge in [0, 0.05) is 0 Å². The van der Waals surface area contributed by atoms with Crippen molar-refractivity contribution in [3.05, 3.63) is 35.4 Å². The summed E-state index contributed by atoms with van der Waals surface area (Å²) in [6.45, 7) is 1.90. The van der Waals surface area contributed by atoms with E-state index >= 15 is 0 Å². The van der Waals surface area contributed by atoms with E-state index in [1.165, 1.54) is 30.4 Å². The summed E-state index contributed by atoms with van der Waals surface area (Å²) in [5.41, 5.74) is 7.79. The highest BCUT2D eigenvalue weighted by atomic mass is 16.3.